The molecular weight excluding hydrogens is 216 g/mol. The normalized spacial score (nSPS) is 10.3. The quantitative estimate of drug-likeness (QED) is 0.863. The number of carbonyl (C=O) groups is 1. The Kier molecular flexibility index (Phi) is 2.95. The molecule has 0 aliphatic heterocycles. The first-order valence-electron chi connectivity index (χ1n) is 5.39. The van der Waals surface area contributed by atoms with E-state index in [0.717, 1.165) is 11.3 Å². The maximum atomic E-state index is 12.0. The lowest BCUT2D eigenvalue weighted by atomic mass is 10.2. The van der Waals surface area contributed by atoms with E-state index in [-0.39, 0.29) is 11.7 Å². The molecule has 1 heterocycles. The molecule has 4 heteroatoms. The van der Waals surface area contributed by atoms with Crippen molar-refractivity contribution < 1.29 is 9.21 Å². The maximum absolute atomic E-state index is 12.0. The Hall–Kier alpha value is -2.10. The van der Waals surface area contributed by atoms with Gasteiger partial charge in [0, 0.05) is 12.6 Å². The van der Waals surface area contributed by atoms with Gasteiger partial charge in [-0.1, -0.05) is 18.2 Å². The first kappa shape index (κ1) is 11.4. The highest BCUT2D eigenvalue weighted by atomic mass is 16.4. The summed E-state index contributed by atoms with van der Waals surface area (Å²) in [7, 11) is 0. The lowest BCUT2D eigenvalue weighted by Gasteiger charge is -2.06. The number of para-hydroxylation sites is 1. The second kappa shape index (κ2) is 4.41. The van der Waals surface area contributed by atoms with Crippen LogP contribution >= 0.6 is 0 Å². The number of hydrogen-bond acceptors (Lipinski definition) is 3. The van der Waals surface area contributed by atoms with Gasteiger partial charge in [-0.3, -0.25) is 4.79 Å². The molecule has 1 aromatic heterocycles. The van der Waals surface area contributed by atoms with Crippen LogP contribution in [0.3, 0.4) is 0 Å². The number of amides is 1. The Labute approximate surface area is 99.7 Å². The SMILES string of the molecule is Cc1nc(C)c(C(=O)Nc2ccccc2C)o1. The Morgan fingerprint density at radius 2 is 1.94 bits per heavy atom. The van der Waals surface area contributed by atoms with Gasteiger partial charge in [-0.05, 0) is 25.5 Å². The largest absolute Gasteiger partial charge is 0.436 e. The van der Waals surface area contributed by atoms with E-state index in [9.17, 15) is 4.79 Å². The third kappa shape index (κ3) is 2.36. The van der Waals surface area contributed by atoms with Crippen molar-refractivity contribution in [2.45, 2.75) is 20.8 Å². The smallest absolute Gasteiger partial charge is 0.293 e. The maximum Gasteiger partial charge on any atom is 0.293 e. The third-order valence-electron chi connectivity index (χ3n) is 2.50. The van der Waals surface area contributed by atoms with Crippen LogP contribution < -0.4 is 5.32 Å². The van der Waals surface area contributed by atoms with Crippen LogP contribution in [0.25, 0.3) is 0 Å². The van der Waals surface area contributed by atoms with Gasteiger partial charge in [0.15, 0.2) is 5.89 Å². The third-order valence-corrected chi connectivity index (χ3v) is 2.50. The molecule has 2 aromatic rings. The molecule has 1 aromatic carbocycles. The van der Waals surface area contributed by atoms with Gasteiger partial charge in [0.2, 0.25) is 5.76 Å². The number of benzene rings is 1. The lowest BCUT2D eigenvalue weighted by molar-refractivity contribution is 0.0994. The molecule has 1 amide bonds. The first-order valence-corrected chi connectivity index (χ1v) is 5.39. The molecule has 0 saturated carbocycles. The van der Waals surface area contributed by atoms with E-state index in [1.54, 1.807) is 13.8 Å². The van der Waals surface area contributed by atoms with Gasteiger partial charge in [-0.15, -0.1) is 0 Å². The van der Waals surface area contributed by atoms with Gasteiger partial charge in [0.05, 0.1) is 5.69 Å². The average Bonchev–Trinajstić information content (AvgIpc) is 2.61. The van der Waals surface area contributed by atoms with E-state index in [1.807, 2.05) is 31.2 Å². The van der Waals surface area contributed by atoms with E-state index < -0.39 is 0 Å². The average molecular weight is 230 g/mol. The van der Waals surface area contributed by atoms with Gasteiger partial charge in [-0.2, -0.15) is 0 Å². The van der Waals surface area contributed by atoms with Crippen molar-refractivity contribution in [2.75, 3.05) is 5.32 Å². The molecule has 0 fully saturated rings. The number of carbonyl (C=O) groups excluding carboxylic acids is 1. The van der Waals surface area contributed by atoms with Crippen molar-refractivity contribution in [2.24, 2.45) is 0 Å². The second-order valence-electron chi connectivity index (χ2n) is 3.92. The molecule has 88 valence electrons. The number of nitrogens with one attached hydrogen (secondary N) is 1. The van der Waals surface area contributed by atoms with Crippen molar-refractivity contribution in [3.05, 3.63) is 47.2 Å². The molecule has 0 spiro atoms. The topological polar surface area (TPSA) is 55.1 Å². The second-order valence-corrected chi connectivity index (χ2v) is 3.92. The van der Waals surface area contributed by atoms with Gasteiger partial charge < -0.3 is 9.73 Å². The fourth-order valence-corrected chi connectivity index (χ4v) is 1.63. The molecule has 0 bridgehead atoms. The standard InChI is InChI=1S/C13H14N2O2/c1-8-6-4-5-7-11(8)15-13(16)12-9(2)14-10(3)17-12/h4-7H,1-3H3,(H,15,16). The predicted octanol–water partition coefficient (Wildman–Crippen LogP) is 2.85. The number of rotatable bonds is 2. The zero-order valence-electron chi connectivity index (χ0n) is 10.1. The number of aryl methyl sites for hydroxylation is 3. The zero-order valence-corrected chi connectivity index (χ0v) is 10.1. The van der Waals surface area contributed by atoms with Crippen LogP contribution in [0.1, 0.15) is 27.7 Å². The van der Waals surface area contributed by atoms with Crippen LogP contribution in [-0.4, -0.2) is 10.9 Å². The van der Waals surface area contributed by atoms with Gasteiger partial charge >= 0.3 is 0 Å². The predicted molar refractivity (Wildman–Crippen MR) is 65.1 cm³/mol. The molecule has 1 N–H and O–H groups in total. The van der Waals surface area contributed by atoms with Crippen LogP contribution in [-0.2, 0) is 0 Å². The van der Waals surface area contributed by atoms with Crippen LogP contribution in [0, 0.1) is 20.8 Å². The lowest BCUT2D eigenvalue weighted by Crippen LogP contribution is -2.13. The Bertz CT molecular complexity index is 558. The van der Waals surface area contributed by atoms with Crippen LogP contribution in [0.2, 0.25) is 0 Å². The van der Waals surface area contributed by atoms with Crippen LogP contribution in [0.15, 0.2) is 28.7 Å². The van der Waals surface area contributed by atoms with Crippen molar-refractivity contribution in [1.82, 2.24) is 4.98 Å². The van der Waals surface area contributed by atoms with Crippen LogP contribution in [0.4, 0.5) is 5.69 Å². The molecule has 2 rings (SSSR count). The summed E-state index contributed by atoms with van der Waals surface area (Å²) in [6, 6.07) is 7.59. The summed E-state index contributed by atoms with van der Waals surface area (Å²) in [4.78, 5) is 16.0. The first-order chi connectivity index (χ1) is 8.08. The van der Waals surface area contributed by atoms with Crippen molar-refractivity contribution in [3.63, 3.8) is 0 Å². The van der Waals surface area contributed by atoms with E-state index in [2.05, 4.69) is 10.3 Å². The summed E-state index contributed by atoms with van der Waals surface area (Å²) < 4.78 is 5.26. The fraction of sp³-hybridized carbons (Fsp3) is 0.231. The number of aromatic nitrogens is 1. The monoisotopic (exact) mass is 230 g/mol. The molecule has 0 atom stereocenters. The number of anilines is 1. The molecule has 0 aliphatic carbocycles. The highest BCUT2D eigenvalue weighted by Crippen LogP contribution is 2.16. The number of nitrogens with zero attached hydrogens (tertiary/aromatic N) is 1. The number of hydrogen-bond donors (Lipinski definition) is 1. The number of oxazole rings is 1. The molecule has 17 heavy (non-hydrogen) atoms. The Morgan fingerprint density at radius 1 is 1.24 bits per heavy atom. The highest BCUT2D eigenvalue weighted by molar-refractivity contribution is 6.03. The molecule has 0 radical (unpaired) electrons. The van der Waals surface area contributed by atoms with Crippen molar-refractivity contribution >= 4 is 11.6 Å². The molecule has 0 unspecified atom stereocenters. The minimum Gasteiger partial charge on any atom is -0.436 e. The summed E-state index contributed by atoms with van der Waals surface area (Å²) >= 11 is 0. The van der Waals surface area contributed by atoms with Gasteiger partial charge in [0.1, 0.15) is 0 Å². The van der Waals surface area contributed by atoms with Crippen LogP contribution in [0.5, 0.6) is 0 Å². The summed E-state index contributed by atoms with van der Waals surface area (Å²) in [6.07, 6.45) is 0. The Morgan fingerprint density at radius 3 is 2.53 bits per heavy atom. The van der Waals surface area contributed by atoms with Crippen molar-refractivity contribution in [3.8, 4) is 0 Å². The van der Waals surface area contributed by atoms with E-state index in [0.29, 0.717) is 11.6 Å². The molecular formula is C13H14N2O2. The molecule has 0 aliphatic rings. The van der Waals surface area contributed by atoms with E-state index in [1.165, 1.54) is 0 Å². The van der Waals surface area contributed by atoms with E-state index >= 15 is 0 Å². The molecule has 4 nitrogen and oxygen atoms in total. The minimum atomic E-state index is -0.266. The molecule has 0 saturated heterocycles. The van der Waals surface area contributed by atoms with Gasteiger partial charge in [0.25, 0.3) is 5.91 Å². The summed E-state index contributed by atoms with van der Waals surface area (Å²) in [5.74, 6) is 0.501. The van der Waals surface area contributed by atoms with Gasteiger partial charge in [-0.25, -0.2) is 4.98 Å². The summed E-state index contributed by atoms with van der Waals surface area (Å²) in [5, 5.41) is 2.81. The van der Waals surface area contributed by atoms with E-state index in [4.69, 9.17) is 4.42 Å². The minimum absolute atomic E-state index is 0.266. The zero-order chi connectivity index (χ0) is 12.4. The van der Waals surface area contributed by atoms with Crippen molar-refractivity contribution in [1.29, 1.82) is 0 Å². The summed E-state index contributed by atoms with van der Waals surface area (Å²) in [6.45, 7) is 5.41. The Balaban J connectivity index is 2.23. The fourth-order valence-electron chi connectivity index (χ4n) is 1.63. The highest BCUT2D eigenvalue weighted by Gasteiger charge is 2.16. The summed E-state index contributed by atoms with van der Waals surface area (Å²) in [5.41, 5.74) is 2.40.